The molecule has 9 heteroatoms. The largest absolute Gasteiger partial charge is 0.463 e. The van der Waals surface area contributed by atoms with Gasteiger partial charge in [-0.25, -0.2) is 4.39 Å². The fourth-order valence-electron chi connectivity index (χ4n) is 2.82. The fourth-order valence-corrected chi connectivity index (χ4v) is 2.82. The van der Waals surface area contributed by atoms with Gasteiger partial charge in [0.1, 0.15) is 12.7 Å². The first-order chi connectivity index (χ1) is 12.9. The fraction of sp³-hybridized carbons (Fsp3) is 0.632. The Kier molecular flexibility index (Phi) is 6.48. The van der Waals surface area contributed by atoms with Gasteiger partial charge in [0, 0.05) is 18.0 Å². The van der Waals surface area contributed by atoms with Crippen molar-refractivity contribution in [3.63, 3.8) is 0 Å². The molecule has 0 aromatic carbocycles. The minimum absolute atomic E-state index is 0.227. The summed E-state index contributed by atoms with van der Waals surface area (Å²) in [6, 6.07) is 2.57. The van der Waals surface area contributed by atoms with Crippen molar-refractivity contribution < 1.29 is 28.2 Å². The molecule has 8 nitrogen and oxygen atoms in total. The molecule has 28 heavy (non-hydrogen) atoms. The number of ether oxygens (including phenoxy) is 3. The van der Waals surface area contributed by atoms with Crippen LogP contribution in [-0.4, -0.2) is 41.0 Å². The molecule has 1 fully saturated rings. The number of pyridine rings is 1. The molecule has 0 saturated carbocycles. The molecular formula is C19H27FN2O6. The van der Waals surface area contributed by atoms with Crippen molar-refractivity contribution in [3.05, 3.63) is 28.7 Å². The number of halogens is 1. The molecule has 0 amide bonds. The predicted octanol–water partition coefficient (Wildman–Crippen LogP) is 1.82. The van der Waals surface area contributed by atoms with Gasteiger partial charge < -0.3 is 19.9 Å². The Hall–Kier alpha value is -2.42. The number of carbonyl (C=O) groups is 2. The Labute approximate surface area is 162 Å². The highest BCUT2D eigenvalue weighted by Gasteiger charge is 2.58. The maximum atomic E-state index is 15.7. The molecule has 1 aromatic rings. The van der Waals surface area contributed by atoms with E-state index in [4.69, 9.17) is 19.9 Å². The molecule has 156 valence electrons. The number of rotatable bonds is 6. The Morgan fingerprint density at radius 3 is 2.43 bits per heavy atom. The SMILES string of the molecule is CC(C)C(=O)OC[C@H]1O[C@@H](n2ccc(N)cc2=O)C(C)(F)[C@H]1OC(=O)C(C)C. The molecule has 1 unspecified atom stereocenters. The number of nitrogens with zero attached hydrogens (tertiary/aromatic N) is 1. The zero-order valence-corrected chi connectivity index (χ0v) is 16.7. The normalized spacial score (nSPS) is 27.2. The Balaban J connectivity index is 2.34. The molecule has 4 atom stereocenters. The highest BCUT2D eigenvalue weighted by Crippen LogP contribution is 2.43. The lowest BCUT2D eigenvalue weighted by molar-refractivity contribution is -0.165. The van der Waals surface area contributed by atoms with Gasteiger partial charge in [-0.1, -0.05) is 27.7 Å². The van der Waals surface area contributed by atoms with E-state index >= 15 is 4.39 Å². The molecule has 1 aromatic heterocycles. The molecule has 1 saturated heterocycles. The number of nitrogens with two attached hydrogens (primary N) is 1. The Morgan fingerprint density at radius 2 is 1.89 bits per heavy atom. The minimum Gasteiger partial charge on any atom is -0.463 e. The zero-order chi connectivity index (χ0) is 21.2. The average molecular weight is 398 g/mol. The predicted molar refractivity (Wildman–Crippen MR) is 99.1 cm³/mol. The summed E-state index contributed by atoms with van der Waals surface area (Å²) in [6.07, 6.45) is -2.51. The highest BCUT2D eigenvalue weighted by molar-refractivity contribution is 5.72. The third-order valence-corrected chi connectivity index (χ3v) is 4.48. The zero-order valence-electron chi connectivity index (χ0n) is 16.7. The van der Waals surface area contributed by atoms with Crippen molar-refractivity contribution in [1.29, 1.82) is 0 Å². The van der Waals surface area contributed by atoms with Crippen molar-refractivity contribution >= 4 is 17.6 Å². The number of esters is 2. The van der Waals surface area contributed by atoms with Crippen molar-refractivity contribution in [2.75, 3.05) is 12.3 Å². The van der Waals surface area contributed by atoms with Crippen molar-refractivity contribution in [2.45, 2.75) is 58.7 Å². The van der Waals surface area contributed by atoms with E-state index in [1.165, 1.54) is 19.2 Å². The highest BCUT2D eigenvalue weighted by atomic mass is 19.1. The summed E-state index contributed by atoms with van der Waals surface area (Å²) in [7, 11) is 0. The first kappa shape index (κ1) is 21.9. The second kappa shape index (κ2) is 8.30. The van der Waals surface area contributed by atoms with Gasteiger partial charge in [0.15, 0.2) is 18.0 Å². The van der Waals surface area contributed by atoms with Gasteiger partial charge in [0.2, 0.25) is 0 Å². The molecule has 0 bridgehead atoms. The molecular weight excluding hydrogens is 371 g/mol. The van der Waals surface area contributed by atoms with Crippen LogP contribution in [-0.2, 0) is 23.8 Å². The summed E-state index contributed by atoms with van der Waals surface area (Å²) in [5, 5.41) is 0. The Morgan fingerprint density at radius 1 is 1.29 bits per heavy atom. The summed E-state index contributed by atoms with van der Waals surface area (Å²) in [5.41, 5.74) is 2.99. The number of anilines is 1. The van der Waals surface area contributed by atoms with Crippen LogP contribution in [0.5, 0.6) is 0 Å². The van der Waals surface area contributed by atoms with E-state index in [-0.39, 0.29) is 18.2 Å². The average Bonchev–Trinajstić information content (AvgIpc) is 2.83. The summed E-state index contributed by atoms with van der Waals surface area (Å²) in [6.45, 7) is 7.41. The minimum atomic E-state index is -2.25. The number of aromatic nitrogens is 1. The van der Waals surface area contributed by atoms with E-state index < -0.39 is 47.5 Å². The van der Waals surface area contributed by atoms with Crippen LogP contribution in [0, 0.1) is 11.8 Å². The van der Waals surface area contributed by atoms with Crippen LogP contribution < -0.4 is 11.3 Å². The van der Waals surface area contributed by atoms with Gasteiger partial charge in [0.05, 0.1) is 11.8 Å². The van der Waals surface area contributed by atoms with Gasteiger partial charge in [-0.3, -0.25) is 19.0 Å². The van der Waals surface area contributed by atoms with E-state index in [1.807, 2.05) is 0 Å². The van der Waals surface area contributed by atoms with Gasteiger partial charge in [-0.15, -0.1) is 0 Å². The second-order valence-electron chi connectivity index (χ2n) is 7.68. The van der Waals surface area contributed by atoms with E-state index in [0.717, 1.165) is 10.6 Å². The monoisotopic (exact) mass is 398 g/mol. The molecule has 0 radical (unpaired) electrons. The van der Waals surface area contributed by atoms with E-state index in [2.05, 4.69) is 0 Å². The number of carbonyl (C=O) groups excluding carboxylic acids is 2. The van der Waals surface area contributed by atoms with Gasteiger partial charge in [0.25, 0.3) is 5.56 Å². The van der Waals surface area contributed by atoms with Crippen LogP contribution in [0.2, 0.25) is 0 Å². The number of hydrogen-bond acceptors (Lipinski definition) is 7. The molecule has 0 aliphatic carbocycles. The molecule has 2 heterocycles. The summed E-state index contributed by atoms with van der Waals surface area (Å²) < 4.78 is 33.0. The van der Waals surface area contributed by atoms with Gasteiger partial charge in [-0.2, -0.15) is 0 Å². The van der Waals surface area contributed by atoms with Crippen LogP contribution >= 0.6 is 0 Å². The number of hydrogen-bond donors (Lipinski definition) is 1. The van der Waals surface area contributed by atoms with Crippen molar-refractivity contribution in [2.24, 2.45) is 11.8 Å². The lowest BCUT2D eigenvalue weighted by atomic mass is 9.97. The quantitative estimate of drug-likeness (QED) is 0.728. The smallest absolute Gasteiger partial charge is 0.308 e. The standard InChI is InChI=1S/C19H27FN2O6/c1-10(2)16(24)26-9-13-15(28-17(25)11(3)4)19(5,20)18(27-13)22-7-6-12(21)8-14(22)23/h6-8,10-11,13,15,18H,9,21H2,1-5H3/t13-,15+,18-,19?/m1/s1. The maximum Gasteiger partial charge on any atom is 0.308 e. The van der Waals surface area contributed by atoms with Crippen LogP contribution in [0.4, 0.5) is 10.1 Å². The lowest BCUT2D eigenvalue weighted by Crippen LogP contribution is -2.46. The Bertz CT molecular complexity index is 789. The summed E-state index contributed by atoms with van der Waals surface area (Å²) in [5.74, 6) is -1.99. The van der Waals surface area contributed by atoms with Crippen LogP contribution in [0.25, 0.3) is 0 Å². The van der Waals surface area contributed by atoms with Gasteiger partial charge >= 0.3 is 11.9 Å². The molecule has 2 N–H and O–H groups in total. The van der Waals surface area contributed by atoms with E-state index in [0.29, 0.717) is 0 Å². The van der Waals surface area contributed by atoms with Crippen molar-refractivity contribution in [1.82, 2.24) is 4.57 Å². The van der Waals surface area contributed by atoms with Crippen LogP contribution in [0.1, 0.15) is 40.8 Å². The topological polar surface area (TPSA) is 110 Å². The molecule has 1 aliphatic rings. The third kappa shape index (κ3) is 4.52. The van der Waals surface area contributed by atoms with Crippen LogP contribution in [0.15, 0.2) is 23.1 Å². The molecule has 2 rings (SSSR count). The van der Waals surface area contributed by atoms with Gasteiger partial charge in [-0.05, 0) is 13.0 Å². The summed E-state index contributed by atoms with van der Waals surface area (Å²) >= 11 is 0. The van der Waals surface area contributed by atoms with E-state index in [9.17, 15) is 14.4 Å². The first-order valence-electron chi connectivity index (χ1n) is 9.14. The number of alkyl halides is 1. The maximum absolute atomic E-state index is 15.7. The van der Waals surface area contributed by atoms with Crippen LogP contribution in [0.3, 0.4) is 0 Å². The summed E-state index contributed by atoms with van der Waals surface area (Å²) in [4.78, 5) is 36.1. The molecule has 1 aliphatic heterocycles. The first-order valence-corrected chi connectivity index (χ1v) is 9.14. The third-order valence-electron chi connectivity index (χ3n) is 4.48. The van der Waals surface area contributed by atoms with E-state index in [1.54, 1.807) is 27.7 Å². The second-order valence-corrected chi connectivity index (χ2v) is 7.68. The number of nitrogen functional groups attached to an aromatic ring is 1. The van der Waals surface area contributed by atoms with Crippen molar-refractivity contribution in [3.8, 4) is 0 Å². The lowest BCUT2D eigenvalue weighted by Gasteiger charge is -2.28. The molecule has 0 spiro atoms.